The molecule has 0 atom stereocenters. The van der Waals surface area contributed by atoms with Gasteiger partial charge in [0.25, 0.3) is 0 Å². The van der Waals surface area contributed by atoms with Crippen LogP contribution in [-0.2, 0) is 0 Å². The average molecular weight is 379 g/mol. The van der Waals surface area contributed by atoms with Crippen LogP contribution >= 0.6 is 50.9 Å². The van der Waals surface area contributed by atoms with Crippen LogP contribution in [0.4, 0.5) is 5.95 Å². The summed E-state index contributed by atoms with van der Waals surface area (Å²) in [4.78, 5) is 9.57. The molecule has 0 spiro atoms. The maximum atomic E-state index is 6.00. The monoisotopic (exact) mass is 377 g/mol. The first-order valence-electron chi connectivity index (χ1n) is 5.49. The molecular formula is C12H10BrCl2N3S. The lowest BCUT2D eigenvalue weighted by Gasteiger charge is -2.07. The van der Waals surface area contributed by atoms with Crippen molar-refractivity contribution in [2.75, 3.05) is 11.9 Å². The third-order valence-electron chi connectivity index (χ3n) is 2.15. The predicted molar refractivity (Wildman–Crippen MR) is 84.5 cm³/mol. The second kappa shape index (κ2) is 6.79. The maximum absolute atomic E-state index is 6.00. The van der Waals surface area contributed by atoms with E-state index in [2.05, 4.69) is 31.2 Å². The summed E-state index contributed by atoms with van der Waals surface area (Å²) in [5.74, 6) is 0.605. The van der Waals surface area contributed by atoms with Crippen molar-refractivity contribution in [2.24, 2.45) is 0 Å². The molecule has 0 radical (unpaired) electrons. The molecule has 2 aromatic rings. The van der Waals surface area contributed by atoms with Crippen LogP contribution in [0.25, 0.3) is 0 Å². The van der Waals surface area contributed by atoms with Crippen LogP contribution in [0, 0.1) is 0 Å². The molecule has 0 aliphatic carbocycles. The molecule has 0 aliphatic heterocycles. The van der Waals surface area contributed by atoms with E-state index >= 15 is 0 Å². The highest BCUT2D eigenvalue weighted by atomic mass is 79.9. The Balaban J connectivity index is 2.26. The Hall–Kier alpha value is -0.490. The summed E-state index contributed by atoms with van der Waals surface area (Å²) in [6, 6.07) is 5.49. The summed E-state index contributed by atoms with van der Waals surface area (Å²) in [6.07, 6.45) is 1.73. The first-order valence-corrected chi connectivity index (χ1v) is 7.86. The highest BCUT2D eigenvalue weighted by Gasteiger charge is 2.08. The molecular weight excluding hydrogens is 369 g/mol. The first-order chi connectivity index (χ1) is 9.10. The zero-order chi connectivity index (χ0) is 13.8. The number of hydrogen-bond donors (Lipinski definition) is 1. The molecule has 1 heterocycles. The molecule has 100 valence electrons. The van der Waals surface area contributed by atoms with Crippen molar-refractivity contribution < 1.29 is 0 Å². The zero-order valence-corrected chi connectivity index (χ0v) is 13.9. The largest absolute Gasteiger partial charge is 0.354 e. The number of aromatic nitrogens is 2. The number of anilines is 1. The number of nitrogens with one attached hydrogen (secondary N) is 1. The first kappa shape index (κ1) is 14.9. The molecule has 0 saturated heterocycles. The van der Waals surface area contributed by atoms with Crippen LogP contribution in [0.1, 0.15) is 6.92 Å². The molecule has 1 aromatic heterocycles. The molecule has 0 unspecified atom stereocenters. The Morgan fingerprint density at radius 2 is 2.11 bits per heavy atom. The van der Waals surface area contributed by atoms with Crippen molar-refractivity contribution in [3.8, 4) is 0 Å². The fourth-order valence-electron chi connectivity index (χ4n) is 1.32. The van der Waals surface area contributed by atoms with Crippen LogP contribution in [0.5, 0.6) is 0 Å². The fourth-order valence-corrected chi connectivity index (χ4v) is 2.93. The number of rotatable bonds is 4. The van der Waals surface area contributed by atoms with Gasteiger partial charge in [-0.2, -0.15) is 0 Å². The van der Waals surface area contributed by atoms with Crippen molar-refractivity contribution >= 4 is 56.8 Å². The minimum atomic E-state index is 0.531. The second-order valence-corrected chi connectivity index (χ2v) is 6.29. The van der Waals surface area contributed by atoms with Crippen LogP contribution < -0.4 is 5.32 Å². The fraction of sp³-hybridized carbons (Fsp3) is 0.167. The summed E-state index contributed by atoms with van der Waals surface area (Å²) in [6.45, 7) is 2.77. The summed E-state index contributed by atoms with van der Waals surface area (Å²) in [5, 5.41) is 4.98. The Bertz CT molecular complexity index is 595. The van der Waals surface area contributed by atoms with Gasteiger partial charge in [-0.05, 0) is 41.1 Å². The van der Waals surface area contributed by atoms with Crippen molar-refractivity contribution in [3.05, 3.63) is 38.9 Å². The Morgan fingerprint density at radius 1 is 1.32 bits per heavy atom. The van der Waals surface area contributed by atoms with E-state index in [1.165, 1.54) is 11.8 Å². The van der Waals surface area contributed by atoms with Gasteiger partial charge in [-0.1, -0.05) is 35.0 Å². The molecule has 0 fully saturated rings. The Morgan fingerprint density at radius 3 is 2.79 bits per heavy atom. The topological polar surface area (TPSA) is 37.8 Å². The lowest BCUT2D eigenvalue weighted by Crippen LogP contribution is -2.02. The van der Waals surface area contributed by atoms with Gasteiger partial charge >= 0.3 is 0 Å². The molecule has 0 aliphatic rings. The van der Waals surface area contributed by atoms with Crippen molar-refractivity contribution in [3.63, 3.8) is 0 Å². The summed E-state index contributed by atoms with van der Waals surface area (Å²) in [5.41, 5.74) is 0. The third-order valence-corrected chi connectivity index (χ3v) is 4.73. The quantitative estimate of drug-likeness (QED) is 0.748. The van der Waals surface area contributed by atoms with E-state index in [-0.39, 0.29) is 0 Å². The van der Waals surface area contributed by atoms with Crippen molar-refractivity contribution in [2.45, 2.75) is 16.8 Å². The highest BCUT2D eigenvalue weighted by molar-refractivity contribution is 9.10. The molecule has 3 nitrogen and oxygen atoms in total. The van der Waals surface area contributed by atoms with Gasteiger partial charge in [0.05, 0.1) is 14.5 Å². The number of benzene rings is 1. The van der Waals surface area contributed by atoms with Crippen molar-refractivity contribution in [1.29, 1.82) is 0 Å². The van der Waals surface area contributed by atoms with Gasteiger partial charge in [0.2, 0.25) is 5.95 Å². The van der Waals surface area contributed by atoms with E-state index in [0.29, 0.717) is 16.0 Å². The minimum absolute atomic E-state index is 0.531. The molecule has 0 bridgehead atoms. The molecule has 2 rings (SSSR count). The van der Waals surface area contributed by atoms with E-state index in [1.807, 2.05) is 19.1 Å². The Labute approximate surface area is 134 Å². The molecule has 1 N–H and O–H groups in total. The number of nitrogens with zero attached hydrogens (tertiary/aromatic N) is 2. The predicted octanol–water partition coefficient (Wildman–Crippen LogP) is 5.13. The standard InChI is InChI=1S/C12H10BrCl2N3S/c1-2-16-12-17-6-8(13)11(18-12)19-7-3-4-9(14)10(15)5-7/h3-6H,2H2,1H3,(H,16,17,18). The van der Waals surface area contributed by atoms with Gasteiger partial charge in [-0.15, -0.1) is 0 Å². The summed E-state index contributed by atoms with van der Waals surface area (Å²) < 4.78 is 0.838. The second-order valence-electron chi connectivity index (χ2n) is 3.56. The van der Waals surface area contributed by atoms with E-state index < -0.39 is 0 Å². The van der Waals surface area contributed by atoms with Gasteiger partial charge in [-0.3, -0.25) is 0 Å². The van der Waals surface area contributed by atoms with Crippen LogP contribution in [-0.4, -0.2) is 16.5 Å². The van der Waals surface area contributed by atoms with Crippen LogP contribution in [0.2, 0.25) is 10.0 Å². The molecule has 7 heteroatoms. The lowest BCUT2D eigenvalue weighted by atomic mass is 10.4. The van der Waals surface area contributed by atoms with Crippen molar-refractivity contribution in [1.82, 2.24) is 9.97 Å². The zero-order valence-electron chi connectivity index (χ0n) is 9.95. The SMILES string of the molecule is CCNc1ncc(Br)c(Sc2ccc(Cl)c(Cl)c2)n1. The summed E-state index contributed by atoms with van der Waals surface area (Å²) >= 11 is 16.8. The molecule has 0 amide bonds. The van der Waals surface area contributed by atoms with E-state index in [9.17, 15) is 0 Å². The van der Waals surface area contributed by atoms with Gasteiger partial charge in [-0.25, -0.2) is 9.97 Å². The lowest BCUT2D eigenvalue weighted by molar-refractivity contribution is 0.999. The van der Waals surface area contributed by atoms with Gasteiger partial charge in [0.1, 0.15) is 5.03 Å². The number of hydrogen-bond acceptors (Lipinski definition) is 4. The van der Waals surface area contributed by atoms with Gasteiger partial charge < -0.3 is 5.32 Å². The van der Waals surface area contributed by atoms with Crippen LogP contribution in [0.15, 0.2) is 38.8 Å². The molecule has 1 aromatic carbocycles. The third kappa shape index (κ3) is 3.99. The van der Waals surface area contributed by atoms with Crippen LogP contribution in [0.3, 0.4) is 0 Å². The van der Waals surface area contributed by atoms with E-state index in [4.69, 9.17) is 23.2 Å². The minimum Gasteiger partial charge on any atom is -0.354 e. The van der Waals surface area contributed by atoms with Gasteiger partial charge in [0.15, 0.2) is 0 Å². The maximum Gasteiger partial charge on any atom is 0.223 e. The Kier molecular flexibility index (Phi) is 5.33. The van der Waals surface area contributed by atoms with Gasteiger partial charge in [0, 0.05) is 17.6 Å². The van der Waals surface area contributed by atoms with E-state index in [0.717, 1.165) is 20.9 Å². The summed E-state index contributed by atoms with van der Waals surface area (Å²) in [7, 11) is 0. The molecule has 19 heavy (non-hydrogen) atoms. The van der Waals surface area contributed by atoms with E-state index in [1.54, 1.807) is 12.3 Å². The normalized spacial score (nSPS) is 10.5. The number of halogens is 3. The highest BCUT2D eigenvalue weighted by Crippen LogP contribution is 2.35. The average Bonchev–Trinajstić information content (AvgIpc) is 2.38. The molecule has 0 saturated carbocycles. The smallest absolute Gasteiger partial charge is 0.223 e.